The molecule has 1 fully saturated rings. The standard InChI is InChI=1S/C14H20N2O4/c1-2-19-14(17)12-7-11(15)8-16-13(12)20-9-10-3-5-18-6-4-10/h7-8,10H,2-6,9,15H2,1H3. The van der Waals surface area contributed by atoms with Crippen molar-refractivity contribution in [1.82, 2.24) is 4.98 Å². The van der Waals surface area contributed by atoms with Crippen molar-refractivity contribution in [3.8, 4) is 5.88 Å². The third-order valence-electron chi connectivity index (χ3n) is 3.16. The average molecular weight is 280 g/mol. The molecule has 2 rings (SSSR count). The molecule has 0 atom stereocenters. The molecule has 0 saturated carbocycles. The second-order valence-electron chi connectivity index (χ2n) is 4.71. The Kier molecular flexibility index (Phi) is 5.17. The van der Waals surface area contributed by atoms with Crippen LogP contribution in [0, 0.1) is 5.92 Å². The zero-order valence-electron chi connectivity index (χ0n) is 11.6. The van der Waals surface area contributed by atoms with Gasteiger partial charge in [-0.3, -0.25) is 0 Å². The van der Waals surface area contributed by atoms with E-state index in [-0.39, 0.29) is 11.4 Å². The number of carbonyl (C=O) groups is 1. The predicted molar refractivity (Wildman–Crippen MR) is 73.6 cm³/mol. The third-order valence-corrected chi connectivity index (χ3v) is 3.16. The van der Waals surface area contributed by atoms with Crippen LogP contribution in [0.2, 0.25) is 0 Å². The Morgan fingerprint density at radius 2 is 2.25 bits per heavy atom. The van der Waals surface area contributed by atoms with Gasteiger partial charge in [0.05, 0.1) is 25.1 Å². The second-order valence-corrected chi connectivity index (χ2v) is 4.71. The maximum absolute atomic E-state index is 11.9. The average Bonchev–Trinajstić information content (AvgIpc) is 2.47. The van der Waals surface area contributed by atoms with Gasteiger partial charge in [0.15, 0.2) is 0 Å². The summed E-state index contributed by atoms with van der Waals surface area (Å²) in [5.41, 5.74) is 6.34. The lowest BCUT2D eigenvalue weighted by Gasteiger charge is -2.22. The van der Waals surface area contributed by atoms with E-state index < -0.39 is 5.97 Å². The van der Waals surface area contributed by atoms with E-state index in [2.05, 4.69) is 4.98 Å². The molecule has 0 spiro atoms. The van der Waals surface area contributed by atoms with Gasteiger partial charge < -0.3 is 19.9 Å². The Bertz CT molecular complexity index is 458. The number of hydrogen-bond acceptors (Lipinski definition) is 6. The first-order chi connectivity index (χ1) is 9.70. The van der Waals surface area contributed by atoms with Gasteiger partial charge in [-0.15, -0.1) is 0 Å². The van der Waals surface area contributed by atoms with Crippen LogP contribution in [-0.2, 0) is 9.47 Å². The number of aromatic nitrogens is 1. The van der Waals surface area contributed by atoms with Crippen LogP contribution in [0.3, 0.4) is 0 Å². The number of nitrogens with zero attached hydrogens (tertiary/aromatic N) is 1. The lowest BCUT2D eigenvalue weighted by atomic mass is 10.0. The monoisotopic (exact) mass is 280 g/mol. The van der Waals surface area contributed by atoms with Crippen molar-refractivity contribution in [2.45, 2.75) is 19.8 Å². The van der Waals surface area contributed by atoms with E-state index in [0.717, 1.165) is 26.1 Å². The molecule has 110 valence electrons. The normalized spacial score (nSPS) is 15.8. The lowest BCUT2D eigenvalue weighted by molar-refractivity contribution is 0.0460. The summed E-state index contributed by atoms with van der Waals surface area (Å²) in [6.07, 6.45) is 3.40. The fourth-order valence-electron chi connectivity index (χ4n) is 2.05. The van der Waals surface area contributed by atoms with Crippen LogP contribution < -0.4 is 10.5 Å². The summed E-state index contributed by atoms with van der Waals surface area (Å²) in [6, 6.07) is 1.53. The largest absolute Gasteiger partial charge is 0.477 e. The van der Waals surface area contributed by atoms with Gasteiger partial charge in [-0.25, -0.2) is 9.78 Å². The van der Waals surface area contributed by atoms with Gasteiger partial charge in [0.2, 0.25) is 5.88 Å². The van der Waals surface area contributed by atoms with E-state index in [1.165, 1.54) is 12.3 Å². The minimum atomic E-state index is -0.464. The molecule has 6 nitrogen and oxygen atoms in total. The minimum absolute atomic E-state index is 0.277. The quantitative estimate of drug-likeness (QED) is 0.826. The van der Waals surface area contributed by atoms with Gasteiger partial charge in [0.25, 0.3) is 0 Å². The summed E-state index contributed by atoms with van der Waals surface area (Å²) < 4.78 is 16.0. The van der Waals surface area contributed by atoms with Crippen molar-refractivity contribution >= 4 is 11.7 Å². The van der Waals surface area contributed by atoms with Crippen LogP contribution in [0.25, 0.3) is 0 Å². The smallest absolute Gasteiger partial charge is 0.343 e. The Balaban J connectivity index is 2.03. The number of esters is 1. The number of anilines is 1. The molecule has 0 aromatic carbocycles. The summed E-state index contributed by atoms with van der Waals surface area (Å²) in [6.45, 7) is 4.09. The molecule has 1 aliphatic heterocycles. The molecule has 0 bridgehead atoms. The molecule has 1 aromatic rings. The maximum Gasteiger partial charge on any atom is 0.343 e. The molecule has 2 N–H and O–H groups in total. The van der Waals surface area contributed by atoms with Crippen molar-refractivity contribution in [3.63, 3.8) is 0 Å². The molecule has 0 aliphatic carbocycles. The molecule has 2 heterocycles. The number of pyridine rings is 1. The number of carbonyl (C=O) groups excluding carboxylic acids is 1. The molecular formula is C14H20N2O4. The highest BCUT2D eigenvalue weighted by Gasteiger charge is 2.19. The first kappa shape index (κ1) is 14.6. The van der Waals surface area contributed by atoms with Crippen LogP contribution in [0.4, 0.5) is 5.69 Å². The van der Waals surface area contributed by atoms with E-state index in [1.54, 1.807) is 6.92 Å². The van der Waals surface area contributed by atoms with Gasteiger partial charge in [-0.1, -0.05) is 0 Å². The van der Waals surface area contributed by atoms with Crippen molar-refractivity contribution in [2.75, 3.05) is 32.2 Å². The zero-order chi connectivity index (χ0) is 14.4. The van der Waals surface area contributed by atoms with E-state index in [1.807, 2.05) is 0 Å². The predicted octanol–water partition coefficient (Wildman–Crippen LogP) is 1.65. The Labute approximate surface area is 118 Å². The van der Waals surface area contributed by atoms with Crippen LogP contribution in [0.1, 0.15) is 30.1 Å². The number of hydrogen-bond donors (Lipinski definition) is 1. The van der Waals surface area contributed by atoms with E-state index in [4.69, 9.17) is 19.9 Å². The first-order valence-electron chi connectivity index (χ1n) is 6.84. The molecule has 1 saturated heterocycles. The number of rotatable bonds is 5. The van der Waals surface area contributed by atoms with Crippen LogP contribution in [0.5, 0.6) is 5.88 Å². The number of nitrogen functional groups attached to an aromatic ring is 1. The highest BCUT2D eigenvalue weighted by Crippen LogP contribution is 2.22. The van der Waals surface area contributed by atoms with E-state index in [9.17, 15) is 4.79 Å². The van der Waals surface area contributed by atoms with Crippen molar-refractivity contribution < 1.29 is 19.0 Å². The fraction of sp³-hybridized carbons (Fsp3) is 0.571. The molecule has 1 aliphatic rings. The third kappa shape index (κ3) is 3.84. The molecule has 1 aromatic heterocycles. The molecule has 0 amide bonds. The van der Waals surface area contributed by atoms with Crippen molar-refractivity contribution in [1.29, 1.82) is 0 Å². The Morgan fingerprint density at radius 3 is 2.95 bits per heavy atom. The SMILES string of the molecule is CCOC(=O)c1cc(N)cnc1OCC1CCOCC1. The number of ether oxygens (including phenoxy) is 3. The highest BCUT2D eigenvalue weighted by molar-refractivity contribution is 5.92. The lowest BCUT2D eigenvalue weighted by Crippen LogP contribution is -2.22. The second kappa shape index (κ2) is 7.09. The fourth-order valence-corrected chi connectivity index (χ4v) is 2.05. The van der Waals surface area contributed by atoms with Gasteiger partial charge in [-0.05, 0) is 31.7 Å². The summed E-state index contributed by atoms with van der Waals surface area (Å²) in [5.74, 6) is 0.247. The zero-order valence-corrected chi connectivity index (χ0v) is 11.6. The Hall–Kier alpha value is -1.82. The maximum atomic E-state index is 11.9. The van der Waals surface area contributed by atoms with Gasteiger partial charge in [-0.2, -0.15) is 0 Å². The molecule has 20 heavy (non-hydrogen) atoms. The molecular weight excluding hydrogens is 260 g/mol. The summed E-state index contributed by atoms with van der Waals surface area (Å²) in [5, 5.41) is 0. The van der Waals surface area contributed by atoms with E-state index >= 15 is 0 Å². The minimum Gasteiger partial charge on any atom is -0.477 e. The van der Waals surface area contributed by atoms with Gasteiger partial charge in [0, 0.05) is 13.2 Å². The van der Waals surface area contributed by atoms with Crippen LogP contribution in [-0.4, -0.2) is 37.4 Å². The molecule has 6 heteroatoms. The van der Waals surface area contributed by atoms with Crippen LogP contribution >= 0.6 is 0 Å². The topological polar surface area (TPSA) is 83.7 Å². The molecule has 0 unspecified atom stereocenters. The highest BCUT2D eigenvalue weighted by atomic mass is 16.5. The van der Waals surface area contributed by atoms with Crippen molar-refractivity contribution in [3.05, 3.63) is 17.8 Å². The van der Waals surface area contributed by atoms with Gasteiger partial charge in [0.1, 0.15) is 5.56 Å². The van der Waals surface area contributed by atoms with E-state index in [0.29, 0.717) is 24.8 Å². The summed E-state index contributed by atoms with van der Waals surface area (Å²) in [7, 11) is 0. The van der Waals surface area contributed by atoms with Crippen LogP contribution in [0.15, 0.2) is 12.3 Å². The summed E-state index contributed by atoms with van der Waals surface area (Å²) >= 11 is 0. The molecule has 0 radical (unpaired) electrons. The summed E-state index contributed by atoms with van der Waals surface area (Å²) in [4.78, 5) is 15.9. The van der Waals surface area contributed by atoms with Gasteiger partial charge >= 0.3 is 5.97 Å². The number of nitrogens with two attached hydrogens (primary N) is 1. The van der Waals surface area contributed by atoms with Crippen molar-refractivity contribution in [2.24, 2.45) is 5.92 Å². The Morgan fingerprint density at radius 1 is 1.50 bits per heavy atom. The first-order valence-corrected chi connectivity index (χ1v) is 6.84.